The molecule has 8 heteroatoms. The molecule has 0 bridgehead atoms. The summed E-state index contributed by atoms with van der Waals surface area (Å²) in [4.78, 5) is 27.1. The van der Waals surface area contributed by atoms with E-state index in [-0.39, 0.29) is 18.7 Å². The summed E-state index contributed by atoms with van der Waals surface area (Å²) in [6.07, 6.45) is 1.28. The molecule has 2 heterocycles. The molecular weight excluding hydrogens is 226 g/mol. The largest absolute Gasteiger partial charge is 0.465 e. The highest BCUT2D eigenvalue weighted by molar-refractivity contribution is 5.71. The molecule has 2 aromatic heterocycles. The van der Waals surface area contributed by atoms with Gasteiger partial charge in [0, 0.05) is 7.05 Å². The van der Waals surface area contributed by atoms with Crippen LogP contribution in [0.4, 0.5) is 0 Å². The molecule has 0 aliphatic rings. The van der Waals surface area contributed by atoms with Gasteiger partial charge in [0.1, 0.15) is 12.9 Å². The van der Waals surface area contributed by atoms with Crippen molar-refractivity contribution >= 4 is 17.1 Å². The first-order valence-electron chi connectivity index (χ1n) is 5.04. The number of carbonyl (C=O) groups is 1. The van der Waals surface area contributed by atoms with E-state index in [9.17, 15) is 9.59 Å². The maximum absolute atomic E-state index is 11.9. The lowest BCUT2D eigenvalue weighted by Gasteiger charge is -2.03. The number of fused-ring (bicyclic) bond motifs is 1. The van der Waals surface area contributed by atoms with Crippen LogP contribution in [-0.2, 0) is 23.1 Å². The molecular formula is C9H11N5O3. The Hall–Kier alpha value is -2.25. The van der Waals surface area contributed by atoms with Crippen molar-refractivity contribution in [3.63, 3.8) is 0 Å². The van der Waals surface area contributed by atoms with Gasteiger partial charge in [-0.1, -0.05) is 5.21 Å². The Bertz CT molecular complexity index is 615. The van der Waals surface area contributed by atoms with Gasteiger partial charge in [0.2, 0.25) is 0 Å². The van der Waals surface area contributed by atoms with E-state index < -0.39 is 11.5 Å². The van der Waals surface area contributed by atoms with Crippen LogP contribution in [0.2, 0.25) is 0 Å². The highest BCUT2D eigenvalue weighted by Crippen LogP contribution is 1.99. The van der Waals surface area contributed by atoms with E-state index in [0.717, 1.165) is 4.57 Å². The van der Waals surface area contributed by atoms with Gasteiger partial charge in [-0.2, -0.15) is 0 Å². The SMILES string of the molecule is CCOC(=O)Cn1cnc2c(nnn2C)c1=O. The minimum atomic E-state index is -0.486. The molecule has 0 fully saturated rings. The Kier molecular flexibility index (Phi) is 2.86. The summed E-state index contributed by atoms with van der Waals surface area (Å²) in [6, 6.07) is 0. The highest BCUT2D eigenvalue weighted by atomic mass is 16.5. The van der Waals surface area contributed by atoms with Crippen molar-refractivity contribution in [1.29, 1.82) is 0 Å². The van der Waals surface area contributed by atoms with Gasteiger partial charge in [0.05, 0.1) is 6.61 Å². The lowest BCUT2D eigenvalue weighted by molar-refractivity contribution is -0.143. The van der Waals surface area contributed by atoms with Crippen LogP contribution >= 0.6 is 0 Å². The number of carbonyl (C=O) groups excluding carboxylic acids is 1. The monoisotopic (exact) mass is 237 g/mol. The molecule has 0 saturated carbocycles. The Balaban J connectivity index is 2.40. The van der Waals surface area contributed by atoms with E-state index in [2.05, 4.69) is 15.3 Å². The fourth-order valence-corrected chi connectivity index (χ4v) is 1.41. The topological polar surface area (TPSA) is 91.9 Å². The summed E-state index contributed by atoms with van der Waals surface area (Å²) in [5.74, 6) is -0.486. The van der Waals surface area contributed by atoms with Gasteiger partial charge in [0.25, 0.3) is 5.56 Å². The van der Waals surface area contributed by atoms with Gasteiger partial charge >= 0.3 is 5.97 Å². The van der Waals surface area contributed by atoms with E-state index in [1.165, 1.54) is 11.0 Å². The zero-order valence-electron chi connectivity index (χ0n) is 9.45. The molecule has 0 unspecified atom stereocenters. The smallest absolute Gasteiger partial charge is 0.326 e. The zero-order chi connectivity index (χ0) is 12.4. The lowest BCUT2D eigenvalue weighted by atomic mass is 10.5. The molecule has 17 heavy (non-hydrogen) atoms. The van der Waals surface area contributed by atoms with Gasteiger partial charge in [0.15, 0.2) is 11.2 Å². The van der Waals surface area contributed by atoms with Crippen molar-refractivity contribution in [3.05, 3.63) is 16.7 Å². The molecule has 0 spiro atoms. The van der Waals surface area contributed by atoms with E-state index in [4.69, 9.17) is 4.74 Å². The fourth-order valence-electron chi connectivity index (χ4n) is 1.41. The summed E-state index contributed by atoms with van der Waals surface area (Å²) in [5, 5.41) is 7.38. The summed E-state index contributed by atoms with van der Waals surface area (Å²) in [7, 11) is 1.64. The molecule has 0 radical (unpaired) electrons. The van der Waals surface area contributed by atoms with Crippen LogP contribution in [0.5, 0.6) is 0 Å². The number of esters is 1. The van der Waals surface area contributed by atoms with Crippen LogP contribution in [-0.4, -0.2) is 37.1 Å². The van der Waals surface area contributed by atoms with Crippen LogP contribution in [0.3, 0.4) is 0 Å². The Morgan fingerprint density at radius 3 is 3.00 bits per heavy atom. The number of aryl methyl sites for hydroxylation is 1. The zero-order valence-corrected chi connectivity index (χ0v) is 9.45. The number of nitrogens with zero attached hydrogens (tertiary/aromatic N) is 5. The normalized spacial score (nSPS) is 10.7. The molecule has 0 aromatic carbocycles. The summed E-state index contributed by atoms with van der Waals surface area (Å²) < 4.78 is 7.29. The molecule has 90 valence electrons. The molecule has 0 N–H and O–H groups in total. The molecule has 8 nitrogen and oxygen atoms in total. The molecule has 0 atom stereocenters. The molecule has 0 aliphatic heterocycles. The van der Waals surface area contributed by atoms with Crippen molar-refractivity contribution in [3.8, 4) is 0 Å². The Morgan fingerprint density at radius 1 is 1.53 bits per heavy atom. The standard InChI is InChI=1S/C9H11N5O3/c1-3-17-6(15)4-14-5-10-8-7(9(14)16)11-12-13(8)2/h5H,3-4H2,1-2H3. The highest BCUT2D eigenvalue weighted by Gasteiger charge is 2.12. The predicted molar refractivity (Wildman–Crippen MR) is 57.2 cm³/mol. The number of hydrogen-bond acceptors (Lipinski definition) is 6. The third-order valence-corrected chi connectivity index (χ3v) is 2.18. The maximum Gasteiger partial charge on any atom is 0.326 e. The first-order valence-corrected chi connectivity index (χ1v) is 5.04. The average molecular weight is 237 g/mol. The van der Waals surface area contributed by atoms with Crippen LogP contribution in [0.15, 0.2) is 11.1 Å². The Morgan fingerprint density at radius 2 is 2.29 bits per heavy atom. The number of aromatic nitrogens is 5. The average Bonchev–Trinajstić information content (AvgIpc) is 2.66. The quantitative estimate of drug-likeness (QED) is 0.641. The van der Waals surface area contributed by atoms with Crippen LogP contribution in [0.25, 0.3) is 11.2 Å². The molecule has 2 aromatic rings. The molecule has 0 aliphatic carbocycles. The number of rotatable bonds is 3. The van der Waals surface area contributed by atoms with E-state index in [1.54, 1.807) is 14.0 Å². The second kappa shape index (κ2) is 4.32. The van der Waals surface area contributed by atoms with E-state index in [1.807, 2.05) is 0 Å². The van der Waals surface area contributed by atoms with Gasteiger partial charge < -0.3 is 4.74 Å². The molecule has 0 saturated heterocycles. The summed E-state index contributed by atoms with van der Waals surface area (Å²) in [5.41, 5.74) is 0.116. The van der Waals surface area contributed by atoms with Crippen molar-refractivity contribution < 1.29 is 9.53 Å². The van der Waals surface area contributed by atoms with Gasteiger partial charge in [-0.25, -0.2) is 9.67 Å². The third-order valence-electron chi connectivity index (χ3n) is 2.18. The first kappa shape index (κ1) is 11.2. The van der Waals surface area contributed by atoms with Crippen molar-refractivity contribution in [2.45, 2.75) is 13.5 Å². The second-order valence-corrected chi connectivity index (χ2v) is 3.37. The van der Waals surface area contributed by atoms with Crippen LogP contribution in [0.1, 0.15) is 6.92 Å². The summed E-state index contributed by atoms with van der Waals surface area (Å²) in [6.45, 7) is 1.80. The minimum absolute atomic E-state index is 0.138. The number of hydrogen-bond donors (Lipinski definition) is 0. The van der Waals surface area contributed by atoms with E-state index in [0.29, 0.717) is 5.65 Å². The van der Waals surface area contributed by atoms with Crippen molar-refractivity contribution in [2.24, 2.45) is 7.05 Å². The van der Waals surface area contributed by atoms with Crippen LogP contribution < -0.4 is 5.56 Å². The van der Waals surface area contributed by atoms with Crippen molar-refractivity contribution in [1.82, 2.24) is 24.5 Å². The minimum Gasteiger partial charge on any atom is -0.465 e. The maximum atomic E-state index is 11.9. The van der Waals surface area contributed by atoms with Gasteiger partial charge in [-0.15, -0.1) is 5.10 Å². The van der Waals surface area contributed by atoms with Gasteiger partial charge in [-0.3, -0.25) is 14.2 Å². The van der Waals surface area contributed by atoms with Gasteiger partial charge in [-0.05, 0) is 6.92 Å². The summed E-state index contributed by atoms with van der Waals surface area (Å²) >= 11 is 0. The second-order valence-electron chi connectivity index (χ2n) is 3.37. The van der Waals surface area contributed by atoms with Crippen molar-refractivity contribution in [2.75, 3.05) is 6.61 Å². The lowest BCUT2D eigenvalue weighted by Crippen LogP contribution is -2.26. The fraction of sp³-hybridized carbons (Fsp3) is 0.444. The van der Waals surface area contributed by atoms with Crippen LogP contribution in [0, 0.1) is 0 Å². The number of ether oxygens (including phenoxy) is 1. The Labute approximate surface area is 95.8 Å². The molecule has 0 amide bonds. The molecule has 2 rings (SSSR count). The van der Waals surface area contributed by atoms with E-state index >= 15 is 0 Å². The first-order chi connectivity index (χ1) is 8.13. The third kappa shape index (κ3) is 2.01. The predicted octanol–water partition coefficient (Wildman–Crippen LogP) is -0.912.